The second-order valence-corrected chi connectivity index (χ2v) is 3.24. The maximum Gasteiger partial charge on any atom is 0.0595 e. The van der Waals surface area contributed by atoms with E-state index >= 15 is 0 Å². The van der Waals surface area contributed by atoms with Gasteiger partial charge in [-0.2, -0.15) is 0 Å². The number of aliphatic imine (C=N–C) groups is 1. The van der Waals surface area contributed by atoms with Gasteiger partial charge < -0.3 is 0 Å². The van der Waals surface area contributed by atoms with E-state index in [1.54, 1.807) is 0 Å². The van der Waals surface area contributed by atoms with Crippen LogP contribution in [0.4, 0.5) is 0 Å². The van der Waals surface area contributed by atoms with Crippen molar-refractivity contribution in [2.24, 2.45) is 10.9 Å². The summed E-state index contributed by atoms with van der Waals surface area (Å²) in [5.41, 5.74) is 1.33. The molecule has 1 rings (SSSR count). The van der Waals surface area contributed by atoms with Crippen molar-refractivity contribution in [2.75, 3.05) is 6.54 Å². The topological polar surface area (TPSA) is 12.4 Å². The molecule has 11 heavy (non-hydrogen) atoms. The minimum absolute atomic E-state index is 0.777. The maximum atomic E-state index is 4.19. The summed E-state index contributed by atoms with van der Waals surface area (Å²) < 4.78 is 0. The summed E-state index contributed by atoms with van der Waals surface area (Å²) in [5.74, 6) is 0.777. The van der Waals surface area contributed by atoms with Crippen molar-refractivity contribution in [3.8, 4) is 0 Å². The summed E-state index contributed by atoms with van der Waals surface area (Å²) in [5, 5.41) is 0. The van der Waals surface area contributed by atoms with Gasteiger partial charge in [0.05, 0.1) is 6.54 Å². The lowest BCUT2D eigenvalue weighted by atomic mass is 9.99. The molecular formula is C10H17N. The highest BCUT2D eigenvalue weighted by Crippen LogP contribution is 2.29. The SMILES string of the molecule is C=C(CN=CC)C1CCCC1. The lowest BCUT2D eigenvalue weighted by Gasteiger charge is -2.09. The van der Waals surface area contributed by atoms with Gasteiger partial charge in [-0.25, -0.2) is 0 Å². The van der Waals surface area contributed by atoms with Crippen molar-refractivity contribution in [3.63, 3.8) is 0 Å². The van der Waals surface area contributed by atoms with E-state index in [-0.39, 0.29) is 0 Å². The van der Waals surface area contributed by atoms with Crippen molar-refractivity contribution < 1.29 is 0 Å². The molecule has 1 nitrogen and oxygen atoms in total. The average molecular weight is 151 g/mol. The van der Waals surface area contributed by atoms with Crippen molar-refractivity contribution in [1.82, 2.24) is 0 Å². The maximum absolute atomic E-state index is 4.19. The van der Waals surface area contributed by atoms with Crippen LogP contribution in [0.1, 0.15) is 32.6 Å². The molecule has 0 N–H and O–H groups in total. The van der Waals surface area contributed by atoms with Crippen molar-refractivity contribution in [3.05, 3.63) is 12.2 Å². The van der Waals surface area contributed by atoms with Crippen LogP contribution in [0.25, 0.3) is 0 Å². The highest BCUT2D eigenvalue weighted by atomic mass is 14.7. The first-order chi connectivity index (χ1) is 5.34. The summed E-state index contributed by atoms with van der Waals surface area (Å²) in [6.45, 7) is 6.87. The van der Waals surface area contributed by atoms with Crippen LogP contribution in [-0.2, 0) is 0 Å². The standard InChI is InChI=1S/C10H17N/c1-3-11-8-9(2)10-6-4-5-7-10/h3,10H,2,4-8H2,1H3. The van der Waals surface area contributed by atoms with Crippen LogP contribution < -0.4 is 0 Å². The summed E-state index contributed by atoms with van der Waals surface area (Å²) in [6, 6.07) is 0. The van der Waals surface area contributed by atoms with Crippen LogP contribution in [0.3, 0.4) is 0 Å². The number of hydrogen-bond donors (Lipinski definition) is 0. The molecular weight excluding hydrogens is 134 g/mol. The van der Waals surface area contributed by atoms with Gasteiger partial charge in [0, 0.05) is 0 Å². The molecule has 1 fully saturated rings. The Balaban J connectivity index is 2.28. The third kappa shape index (κ3) is 2.49. The largest absolute Gasteiger partial charge is 0.293 e. The minimum atomic E-state index is 0.777. The summed E-state index contributed by atoms with van der Waals surface area (Å²) in [4.78, 5) is 4.19. The van der Waals surface area contributed by atoms with Crippen LogP contribution in [0.15, 0.2) is 17.1 Å². The van der Waals surface area contributed by atoms with Gasteiger partial charge in [0.15, 0.2) is 0 Å². The fourth-order valence-electron chi connectivity index (χ4n) is 1.67. The molecule has 1 aliphatic carbocycles. The van der Waals surface area contributed by atoms with Crippen LogP contribution in [0.2, 0.25) is 0 Å². The van der Waals surface area contributed by atoms with E-state index in [0.29, 0.717) is 0 Å². The molecule has 0 amide bonds. The Morgan fingerprint density at radius 1 is 1.55 bits per heavy atom. The predicted octanol–water partition coefficient (Wildman–Crippen LogP) is 2.82. The minimum Gasteiger partial charge on any atom is -0.293 e. The molecule has 62 valence electrons. The Morgan fingerprint density at radius 3 is 2.73 bits per heavy atom. The molecule has 1 aliphatic rings. The van der Waals surface area contributed by atoms with Crippen LogP contribution in [0.5, 0.6) is 0 Å². The van der Waals surface area contributed by atoms with Gasteiger partial charge in [0.25, 0.3) is 0 Å². The monoisotopic (exact) mass is 151 g/mol. The van der Waals surface area contributed by atoms with E-state index in [0.717, 1.165) is 12.5 Å². The lowest BCUT2D eigenvalue weighted by Crippen LogP contribution is -2.00. The molecule has 0 bridgehead atoms. The van der Waals surface area contributed by atoms with Gasteiger partial charge in [0.2, 0.25) is 0 Å². The van der Waals surface area contributed by atoms with E-state index < -0.39 is 0 Å². The first-order valence-corrected chi connectivity index (χ1v) is 4.46. The molecule has 1 heteroatoms. The van der Waals surface area contributed by atoms with Gasteiger partial charge in [0.1, 0.15) is 0 Å². The molecule has 0 unspecified atom stereocenters. The Hall–Kier alpha value is -0.590. The third-order valence-electron chi connectivity index (χ3n) is 2.41. The molecule has 0 spiro atoms. The average Bonchev–Trinajstić information content (AvgIpc) is 2.52. The zero-order chi connectivity index (χ0) is 8.10. The highest BCUT2D eigenvalue weighted by molar-refractivity contribution is 5.53. The van der Waals surface area contributed by atoms with Gasteiger partial charge in [-0.15, -0.1) is 0 Å². The Kier molecular flexibility index (Phi) is 3.34. The second kappa shape index (κ2) is 4.32. The number of hydrogen-bond acceptors (Lipinski definition) is 1. The fraction of sp³-hybridized carbons (Fsp3) is 0.700. The normalized spacial score (nSPS) is 19.7. The molecule has 0 radical (unpaired) electrons. The molecule has 0 aromatic heterocycles. The zero-order valence-electron chi connectivity index (χ0n) is 7.34. The predicted molar refractivity (Wildman–Crippen MR) is 50.1 cm³/mol. The number of nitrogens with zero attached hydrogens (tertiary/aromatic N) is 1. The van der Waals surface area contributed by atoms with Crippen LogP contribution in [0, 0.1) is 5.92 Å². The first kappa shape index (κ1) is 8.51. The second-order valence-electron chi connectivity index (χ2n) is 3.24. The third-order valence-corrected chi connectivity index (χ3v) is 2.41. The van der Waals surface area contributed by atoms with Gasteiger partial charge >= 0.3 is 0 Å². The Morgan fingerprint density at radius 2 is 2.18 bits per heavy atom. The molecule has 1 saturated carbocycles. The smallest absolute Gasteiger partial charge is 0.0595 e. The van der Waals surface area contributed by atoms with Gasteiger partial charge in [-0.3, -0.25) is 4.99 Å². The fourth-order valence-corrected chi connectivity index (χ4v) is 1.67. The molecule has 0 saturated heterocycles. The zero-order valence-corrected chi connectivity index (χ0v) is 7.34. The first-order valence-electron chi connectivity index (χ1n) is 4.46. The van der Waals surface area contributed by atoms with E-state index in [1.807, 2.05) is 13.1 Å². The van der Waals surface area contributed by atoms with E-state index in [2.05, 4.69) is 11.6 Å². The van der Waals surface area contributed by atoms with E-state index in [4.69, 9.17) is 0 Å². The highest BCUT2D eigenvalue weighted by Gasteiger charge is 2.16. The molecule has 0 atom stereocenters. The summed E-state index contributed by atoms with van der Waals surface area (Å²) in [7, 11) is 0. The van der Waals surface area contributed by atoms with Crippen LogP contribution in [-0.4, -0.2) is 12.8 Å². The van der Waals surface area contributed by atoms with Crippen LogP contribution >= 0.6 is 0 Å². The molecule has 0 aromatic carbocycles. The van der Waals surface area contributed by atoms with Gasteiger partial charge in [-0.05, 0) is 31.9 Å². The van der Waals surface area contributed by atoms with Gasteiger partial charge in [-0.1, -0.05) is 25.0 Å². The van der Waals surface area contributed by atoms with Crippen molar-refractivity contribution in [1.29, 1.82) is 0 Å². The summed E-state index contributed by atoms with van der Waals surface area (Å²) >= 11 is 0. The Labute approximate surface area is 69.2 Å². The molecule has 0 aliphatic heterocycles. The van der Waals surface area contributed by atoms with Crippen molar-refractivity contribution >= 4 is 6.21 Å². The van der Waals surface area contributed by atoms with E-state index in [1.165, 1.54) is 31.3 Å². The summed E-state index contributed by atoms with van der Waals surface area (Å²) in [6.07, 6.45) is 7.33. The molecule has 0 aromatic rings. The quantitative estimate of drug-likeness (QED) is 0.434. The van der Waals surface area contributed by atoms with Crippen molar-refractivity contribution in [2.45, 2.75) is 32.6 Å². The number of rotatable bonds is 3. The molecule has 0 heterocycles. The Bertz CT molecular complexity index is 152. The lowest BCUT2D eigenvalue weighted by molar-refractivity contribution is 0.633. The van der Waals surface area contributed by atoms with E-state index in [9.17, 15) is 0 Å².